The molecule has 1 unspecified atom stereocenters. The number of rotatable bonds is 9. The van der Waals surface area contributed by atoms with Gasteiger partial charge in [0.15, 0.2) is 0 Å². The molecule has 0 saturated heterocycles. The molecule has 0 rings (SSSR count). The average Bonchev–Trinajstić information content (AvgIpc) is 2.27. The number of nitrogens with one attached hydrogen (secondary N) is 1. The molecule has 6 nitrogen and oxygen atoms in total. The van der Waals surface area contributed by atoms with Crippen molar-refractivity contribution in [3.63, 3.8) is 0 Å². The lowest BCUT2D eigenvalue weighted by atomic mass is 9.88. The van der Waals surface area contributed by atoms with Gasteiger partial charge in [-0.15, -0.1) is 0 Å². The highest BCUT2D eigenvalue weighted by molar-refractivity contribution is 5.85. The Labute approximate surface area is 103 Å². The minimum absolute atomic E-state index is 0.235. The molecule has 1 atom stereocenters. The van der Waals surface area contributed by atoms with Gasteiger partial charge in [0.05, 0.1) is 12.7 Å². The largest absolute Gasteiger partial charge is 0.409 e. The number of hydrogen-bond donors (Lipinski definition) is 4. The summed E-state index contributed by atoms with van der Waals surface area (Å²) in [7, 11) is 1.57. The summed E-state index contributed by atoms with van der Waals surface area (Å²) in [6.07, 6.45) is 0.991. The first-order chi connectivity index (χ1) is 7.94. The van der Waals surface area contributed by atoms with Crippen molar-refractivity contribution in [2.75, 3.05) is 26.8 Å². The maximum Gasteiger partial charge on any atom is 0.144 e. The minimum Gasteiger partial charge on any atom is -0.409 e. The van der Waals surface area contributed by atoms with Gasteiger partial charge in [0, 0.05) is 12.5 Å². The van der Waals surface area contributed by atoms with E-state index in [1.165, 1.54) is 0 Å². The standard InChI is InChI=1S/C11H25N3O3/c1-11(2,10(12)14-16)5-7-13-6-4-9(15)8-17-3/h9,13,15-16H,4-8H2,1-3H3,(H2,12,14). The van der Waals surface area contributed by atoms with Gasteiger partial charge < -0.3 is 26.1 Å². The Kier molecular flexibility index (Phi) is 7.86. The first-order valence-corrected chi connectivity index (χ1v) is 5.79. The Balaban J connectivity index is 3.64. The number of hydrogen-bond acceptors (Lipinski definition) is 5. The molecule has 0 aliphatic rings. The van der Waals surface area contributed by atoms with Crippen molar-refractivity contribution in [1.29, 1.82) is 0 Å². The van der Waals surface area contributed by atoms with Crippen molar-refractivity contribution in [2.45, 2.75) is 32.8 Å². The normalized spacial score (nSPS) is 14.9. The van der Waals surface area contributed by atoms with Gasteiger partial charge in [-0.2, -0.15) is 0 Å². The van der Waals surface area contributed by atoms with E-state index in [-0.39, 0.29) is 11.3 Å². The van der Waals surface area contributed by atoms with Crippen molar-refractivity contribution in [3.05, 3.63) is 0 Å². The number of oxime groups is 1. The number of aliphatic hydroxyl groups is 1. The second-order valence-corrected chi connectivity index (χ2v) is 4.77. The number of nitrogens with zero attached hydrogens (tertiary/aromatic N) is 1. The minimum atomic E-state index is -0.426. The van der Waals surface area contributed by atoms with E-state index in [1.54, 1.807) is 7.11 Å². The molecule has 0 aromatic rings. The third-order valence-electron chi connectivity index (χ3n) is 2.74. The third-order valence-corrected chi connectivity index (χ3v) is 2.74. The molecule has 0 bridgehead atoms. The molecule has 17 heavy (non-hydrogen) atoms. The Bertz CT molecular complexity index is 232. The van der Waals surface area contributed by atoms with Crippen molar-refractivity contribution in [1.82, 2.24) is 5.32 Å². The van der Waals surface area contributed by atoms with Gasteiger partial charge in [0.25, 0.3) is 0 Å². The second kappa shape index (κ2) is 8.27. The Morgan fingerprint density at radius 2 is 2.12 bits per heavy atom. The molecule has 0 heterocycles. The second-order valence-electron chi connectivity index (χ2n) is 4.77. The highest BCUT2D eigenvalue weighted by Gasteiger charge is 2.22. The fourth-order valence-electron chi connectivity index (χ4n) is 1.33. The molecule has 0 aromatic heterocycles. The smallest absolute Gasteiger partial charge is 0.144 e. The summed E-state index contributed by atoms with van der Waals surface area (Å²) in [4.78, 5) is 0. The van der Waals surface area contributed by atoms with E-state index in [1.807, 2.05) is 13.8 Å². The lowest BCUT2D eigenvalue weighted by molar-refractivity contribution is 0.0594. The molecule has 0 spiro atoms. The summed E-state index contributed by atoms with van der Waals surface area (Å²) in [5.74, 6) is 0.235. The fraction of sp³-hybridized carbons (Fsp3) is 0.909. The van der Waals surface area contributed by atoms with Gasteiger partial charge in [-0.1, -0.05) is 19.0 Å². The summed E-state index contributed by atoms with van der Waals surface area (Å²) in [5, 5.41) is 24.2. The van der Waals surface area contributed by atoms with Gasteiger partial charge in [-0.3, -0.25) is 0 Å². The predicted molar refractivity (Wildman–Crippen MR) is 67.2 cm³/mol. The Morgan fingerprint density at radius 3 is 2.65 bits per heavy atom. The van der Waals surface area contributed by atoms with E-state index < -0.39 is 6.10 Å². The summed E-state index contributed by atoms with van der Waals surface area (Å²) >= 11 is 0. The quantitative estimate of drug-likeness (QED) is 0.153. The van der Waals surface area contributed by atoms with Gasteiger partial charge in [0.2, 0.25) is 0 Å². The molecule has 102 valence electrons. The Morgan fingerprint density at radius 1 is 1.47 bits per heavy atom. The van der Waals surface area contributed by atoms with Crippen LogP contribution in [-0.2, 0) is 4.74 Å². The van der Waals surface area contributed by atoms with Gasteiger partial charge in [-0.05, 0) is 25.9 Å². The van der Waals surface area contributed by atoms with Gasteiger partial charge in [-0.25, -0.2) is 0 Å². The molecule has 0 amide bonds. The zero-order valence-corrected chi connectivity index (χ0v) is 10.9. The van der Waals surface area contributed by atoms with Crippen molar-refractivity contribution < 1.29 is 15.1 Å². The lowest BCUT2D eigenvalue weighted by Gasteiger charge is -2.22. The van der Waals surface area contributed by atoms with E-state index in [2.05, 4.69) is 10.5 Å². The van der Waals surface area contributed by atoms with Crippen LogP contribution in [0.3, 0.4) is 0 Å². The molecule has 0 saturated carbocycles. The van der Waals surface area contributed by atoms with Crippen molar-refractivity contribution in [3.8, 4) is 0 Å². The number of nitrogens with two attached hydrogens (primary N) is 1. The first kappa shape index (κ1) is 16.1. The summed E-state index contributed by atoms with van der Waals surface area (Å²) in [6.45, 7) is 5.67. The van der Waals surface area contributed by atoms with Crippen LogP contribution in [-0.4, -0.2) is 49.1 Å². The highest BCUT2D eigenvalue weighted by Crippen LogP contribution is 2.19. The van der Waals surface area contributed by atoms with E-state index in [0.717, 1.165) is 19.5 Å². The topological polar surface area (TPSA) is 100 Å². The van der Waals surface area contributed by atoms with Crippen LogP contribution < -0.4 is 11.1 Å². The number of ether oxygens (including phenoxy) is 1. The van der Waals surface area contributed by atoms with Gasteiger partial charge in [0.1, 0.15) is 5.84 Å². The molecule has 6 heteroatoms. The van der Waals surface area contributed by atoms with Gasteiger partial charge >= 0.3 is 0 Å². The predicted octanol–water partition coefficient (Wildman–Crippen LogP) is 0.136. The molecule has 0 fully saturated rings. The molecule has 0 aliphatic heterocycles. The maximum absolute atomic E-state index is 9.40. The van der Waals surface area contributed by atoms with Crippen LogP contribution in [0.25, 0.3) is 0 Å². The maximum atomic E-state index is 9.40. The van der Waals surface area contributed by atoms with Crippen LogP contribution >= 0.6 is 0 Å². The summed E-state index contributed by atoms with van der Waals surface area (Å²) < 4.78 is 4.82. The summed E-state index contributed by atoms with van der Waals surface area (Å²) in [5.41, 5.74) is 5.24. The highest BCUT2D eigenvalue weighted by atomic mass is 16.5. The van der Waals surface area contributed by atoms with Crippen LogP contribution in [0.15, 0.2) is 5.16 Å². The molecule has 0 radical (unpaired) electrons. The monoisotopic (exact) mass is 247 g/mol. The third kappa shape index (κ3) is 7.14. The van der Waals surface area contributed by atoms with Crippen LogP contribution in [0.2, 0.25) is 0 Å². The molecular weight excluding hydrogens is 222 g/mol. The molecular formula is C11H25N3O3. The number of amidine groups is 1. The lowest BCUT2D eigenvalue weighted by Crippen LogP contribution is -2.35. The van der Waals surface area contributed by atoms with E-state index >= 15 is 0 Å². The number of aliphatic hydroxyl groups excluding tert-OH is 1. The average molecular weight is 247 g/mol. The Hall–Kier alpha value is -0.850. The molecule has 0 aromatic carbocycles. The van der Waals surface area contributed by atoms with Crippen molar-refractivity contribution in [2.24, 2.45) is 16.3 Å². The van der Waals surface area contributed by atoms with Crippen LogP contribution in [0.5, 0.6) is 0 Å². The summed E-state index contributed by atoms with van der Waals surface area (Å²) in [6, 6.07) is 0. The fourth-order valence-corrected chi connectivity index (χ4v) is 1.33. The first-order valence-electron chi connectivity index (χ1n) is 5.79. The molecule has 5 N–H and O–H groups in total. The van der Waals surface area contributed by atoms with E-state index in [4.69, 9.17) is 15.7 Å². The van der Waals surface area contributed by atoms with E-state index in [9.17, 15) is 5.11 Å². The van der Waals surface area contributed by atoms with Crippen LogP contribution in [0.1, 0.15) is 26.7 Å². The number of methoxy groups -OCH3 is 1. The SMILES string of the molecule is COCC(O)CCNCCC(C)(C)C(N)=NO. The van der Waals surface area contributed by atoms with Crippen LogP contribution in [0.4, 0.5) is 0 Å². The van der Waals surface area contributed by atoms with E-state index in [0.29, 0.717) is 13.0 Å². The zero-order valence-electron chi connectivity index (χ0n) is 10.9. The molecule has 0 aliphatic carbocycles. The van der Waals surface area contributed by atoms with Crippen LogP contribution in [0, 0.1) is 5.41 Å². The zero-order chi connectivity index (χ0) is 13.3. The van der Waals surface area contributed by atoms with Crippen molar-refractivity contribution >= 4 is 5.84 Å².